The summed E-state index contributed by atoms with van der Waals surface area (Å²) in [5.41, 5.74) is 3.52. The average molecular weight is 481 g/mol. The molecule has 0 unspecified atom stereocenters. The highest BCUT2D eigenvalue weighted by molar-refractivity contribution is 7.21. The number of anilines is 1. The second-order valence-corrected chi connectivity index (χ2v) is 9.92. The summed E-state index contributed by atoms with van der Waals surface area (Å²) in [5, 5.41) is 8.63. The van der Waals surface area contributed by atoms with Crippen LogP contribution in [-0.2, 0) is 13.0 Å². The largest absolute Gasteiger partial charge is 0.420 e. The predicted octanol–water partition coefficient (Wildman–Crippen LogP) is 4.22. The number of hydrogen-bond acceptors (Lipinski definition) is 8. The lowest BCUT2D eigenvalue weighted by atomic mass is 10.1. The van der Waals surface area contributed by atoms with Crippen LogP contribution in [-0.4, -0.2) is 51.9 Å². The molecule has 0 spiro atoms. The van der Waals surface area contributed by atoms with Gasteiger partial charge in [0.2, 0.25) is 17.0 Å². The first-order valence-electron chi connectivity index (χ1n) is 10.8. The number of nitrogens with one attached hydrogen (secondary N) is 2. The number of benzene rings is 1. The summed E-state index contributed by atoms with van der Waals surface area (Å²) in [6.07, 6.45) is 0.802. The molecule has 1 atom stereocenters. The summed E-state index contributed by atoms with van der Waals surface area (Å²) >= 11 is 7.65. The van der Waals surface area contributed by atoms with Gasteiger partial charge in [0.05, 0.1) is 22.5 Å². The van der Waals surface area contributed by atoms with Crippen molar-refractivity contribution in [2.45, 2.75) is 25.9 Å². The summed E-state index contributed by atoms with van der Waals surface area (Å²) in [5.74, 6) is 0.842. The number of carbonyl (C=O) groups excluding carboxylic acids is 1. The molecule has 5 heterocycles. The van der Waals surface area contributed by atoms with Gasteiger partial charge in [-0.3, -0.25) is 4.79 Å². The normalized spacial score (nSPS) is 18.4. The van der Waals surface area contributed by atoms with Gasteiger partial charge in [-0.15, -0.1) is 11.3 Å². The number of thiophene rings is 1. The first kappa shape index (κ1) is 20.6. The SMILES string of the molecule is C[C@H]1CNc2c(sc3ccc4nc(Oc5nc(Cl)nc6c5CN(C)CC6)ccc4c23)C(=O)N1. The van der Waals surface area contributed by atoms with E-state index in [-0.39, 0.29) is 17.2 Å². The van der Waals surface area contributed by atoms with Crippen LogP contribution in [0.3, 0.4) is 0 Å². The number of aromatic nitrogens is 3. The highest BCUT2D eigenvalue weighted by Crippen LogP contribution is 2.41. The molecule has 2 N–H and O–H groups in total. The van der Waals surface area contributed by atoms with Crippen molar-refractivity contribution in [3.05, 3.63) is 45.7 Å². The van der Waals surface area contributed by atoms with Crippen LogP contribution < -0.4 is 15.4 Å². The smallest absolute Gasteiger partial charge is 0.263 e. The number of likely N-dealkylation sites (N-methyl/N-ethyl adjacent to an activating group) is 1. The van der Waals surface area contributed by atoms with Crippen molar-refractivity contribution >= 4 is 55.5 Å². The molecule has 10 heteroatoms. The van der Waals surface area contributed by atoms with Gasteiger partial charge in [0, 0.05) is 53.6 Å². The zero-order valence-electron chi connectivity index (χ0n) is 18.1. The van der Waals surface area contributed by atoms with E-state index < -0.39 is 0 Å². The monoisotopic (exact) mass is 480 g/mol. The van der Waals surface area contributed by atoms with Crippen molar-refractivity contribution in [2.24, 2.45) is 0 Å². The average Bonchev–Trinajstić information content (AvgIpc) is 3.10. The van der Waals surface area contributed by atoms with Gasteiger partial charge in [-0.1, -0.05) is 0 Å². The summed E-state index contributed by atoms with van der Waals surface area (Å²) < 4.78 is 7.16. The molecule has 2 aliphatic rings. The Labute approximate surface area is 198 Å². The lowest BCUT2D eigenvalue weighted by Crippen LogP contribution is -2.34. The fraction of sp³-hybridized carbons (Fsp3) is 0.304. The van der Waals surface area contributed by atoms with Gasteiger partial charge in [-0.2, -0.15) is 4.98 Å². The number of ether oxygens (including phenoxy) is 1. The number of pyridine rings is 1. The highest BCUT2D eigenvalue weighted by Gasteiger charge is 2.25. The minimum atomic E-state index is -0.0415. The number of nitrogens with zero attached hydrogens (tertiary/aromatic N) is 4. The first-order chi connectivity index (χ1) is 16.0. The molecule has 1 amide bonds. The van der Waals surface area contributed by atoms with E-state index in [2.05, 4.69) is 32.5 Å². The van der Waals surface area contributed by atoms with E-state index in [4.69, 9.17) is 21.3 Å². The Bertz CT molecular complexity index is 1440. The van der Waals surface area contributed by atoms with Crippen LogP contribution in [0.1, 0.15) is 27.9 Å². The van der Waals surface area contributed by atoms with Crippen LogP contribution in [0.4, 0.5) is 5.69 Å². The number of carbonyl (C=O) groups is 1. The van der Waals surface area contributed by atoms with Gasteiger partial charge >= 0.3 is 0 Å². The van der Waals surface area contributed by atoms with Crippen molar-refractivity contribution in [3.8, 4) is 11.8 Å². The number of amides is 1. The third-order valence-electron chi connectivity index (χ3n) is 6.05. The summed E-state index contributed by atoms with van der Waals surface area (Å²) in [6.45, 7) is 4.27. The fourth-order valence-electron chi connectivity index (χ4n) is 4.44. The van der Waals surface area contributed by atoms with Crippen molar-refractivity contribution in [3.63, 3.8) is 0 Å². The van der Waals surface area contributed by atoms with E-state index in [0.717, 1.165) is 50.9 Å². The number of rotatable bonds is 2. The topological polar surface area (TPSA) is 92.3 Å². The minimum Gasteiger partial charge on any atom is -0.420 e. The Balaban J connectivity index is 1.43. The Kier molecular flexibility index (Phi) is 4.86. The lowest BCUT2D eigenvalue weighted by molar-refractivity contribution is 0.0949. The van der Waals surface area contributed by atoms with Gasteiger partial charge in [-0.25, -0.2) is 9.97 Å². The van der Waals surface area contributed by atoms with Crippen LogP contribution in [0, 0.1) is 0 Å². The Morgan fingerprint density at radius 1 is 1.21 bits per heavy atom. The van der Waals surface area contributed by atoms with E-state index in [1.165, 1.54) is 11.3 Å². The van der Waals surface area contributed by atoms with Crippen molar-refractivity contribution in [1.29, 1.82) is 0 Å². The van der Waals surface area contributed by atoms with Crippen molar-refractivity contribution in [2.75, 3.05) is 25.5 Å². The molecule has 3 aromatic heterocycles. The molecule has 0 bridgehead atoms. The maximum atomic E-state index is 12.6. The molecule has 0 radical (unpaired) electrons. The van der Waals surface area contributed by atoms with Crippen LogP contribution >= 0.6 is 22.9 Å². The molecule has 6 rings (SSSR count). The molecule has 168 valence electrons. The van der Waals surface area contributed by atoms with Gasteiger partial charge in [-0.05, 0) is 43.8 Å². The summed E-state index contributed by atoms with van der Waals surface area (Å²) in [7, 11) is 2.06. The van der Waals surface area contributed by atoms with Crippen molar-refractivity contribution < 1.29 is 9.53 Å². The predicted molar refractivity (Wildman–Crippen MR) is 130 cm³/mol. The molecular formula is C23H21ClN6O2S. The standard InChI is InChI=1S/C23H21ClN6O2S/c1-11-9-25-19-18-12-3-6-17(27-14(12)4-5-16(18)33-20(19)21(31)26-11)32-22-13-10-30(2)8-7-15(13)28-23(24)29-22/h3-6,11,25H,7-10H2,1-2H3,(H,26,31)/t11-/m0/s1. The third kappa shape index (κ3) is 3.56. The van der Waals surface area contributed by atoms with Crippen molar-refractivity contribution in [1.82, 2.24) is 25.2 Å². The summed E-state index contributed by atoms with van der Waals surface area (Å²) in [4.78, 5) is 29.0. The first-order valence-corrected chi connectivity index (χ1v) is 12.0. The van der Waals surface area contributed by atoms with Gasteiger partial charge in [0.25, 0.3) is 5.91 Å². The van der Waals surface area contributed by atoms with E-state index in [1.54, 1.807) is 0 Å². The van der Waals surface area contributed by atoms with Crippen LogP contribution in [0.25, 0.3) is 21.0 Å². The molecule has 33 heavy (non-hydrogen) atoms. The lowest BCUT2D eigenvalue weighted by Gasteiger charge is -2.25. The fourth-order valence-corrected chi connectivity index (χ4v) is 5.71. The molecule has 0 saturated carbocycles. The molecule has 8 nitrogen and oxygen atoms in total. The zero-order chi connectivity index (χ0) is 22.7. The van der Waals surface area contributed by atoms with Crippen LogP contribution in [0.5, 0.6) is 11.8 Å². The minimum absolute atomic E-state index is 0.0415. The molecule has 0 aliphatic carbocycles. The Morgan fingerprint density at radius 2 is 2.09 bits per heavy atom. The quantitative estimate of drug-likeness (QED) is 0.415. The molecule has 4 aromatic rings. The Hall–Kier alpha value is -3.01. The van der Waals surface area contributed by atoms with E-state index >= 15 is 0 Å². The van der Waals surface area contributed by atoms with Crippen LogP contribution in [0.15, 0.2) is 24.3 Å². The summed E-state index contributed by atoms with van der Waals surface area (Å²) in [6, 6.07) is 7.84. The molecule has 0 fully saturated rings. The van der Waals surface area contributed by atoms with E-state index in [0.29, 0.717) is 29.7 Å². The second kappa shape index (κ2) is 7.79. The molecule has 1 aromatic carbocycles. The van der Waals surface area contributed by atoms with Gasteiger partial charge < -0.3 is 20.3 Å². The Morgan fingerprint density at radius 3 is 2.97 bits per heavy atom. The maximum Gasteiger partial charge on any atom is 0.263 e. The number of halogens is 1. The van der Waals surface area contributed by atoms with E-state index in [1.807, 2.05) is 31.2 Å². The number of fused-ring (bicyclic) bond motifs is 6. The molecule has 2 aliphatic heterocycles. The van der Waals surface area contributed by atoms with Crippen LogP contribution in [0.2, 0.25) is 5.28 Å². The highest BCUT2D eigenvalue weighted by atomic mass is 35.5. The third-order valence-corrected chi connectivity index (χ3v) is 7.38. The van der Waals surface area contributed by atoms with Gasteiger partial charge in [0.1, 0.15) is 4.88 Å². The second-order valence-electron chi connectivity index (χ2n) is 8.53. The molecular weight excluding hydrogens is 460 g/mol. The van der Waals surface area contributed by atoms with E-state index in [9.17, 15) is 4.79 Å². The molecule has 0 saturated heterocycles. The number of hydrogen-bond donors (Lipinski definition) is 2. The maximum absolute atomic E-state index is 12.6. The van der Waals surface area contributed by atoms with Gasteiger partial charge in [0.15, 0.2) is 0 Å². The zero-order valence-corrected chi connectivity index (χ0v) is 19.7.